The first-order valence-electron chi connectivity index (χ1n) is 17.2. The van der Waals surface area contributed by atoms with Gasteiger partial charge in [0.25, 0.3) is 17.5 Å². The molecule has 0 bridgehead atoms. The van der Waals surface area contributed by atoms with Crippen LogP contribution in [-0.2, 0) is 23.9 Å². The number of piperidine rings is 1. The summed E-state index contributed by atoms with van der Waals surface area (Å²) in [6.07, 6.45) is -3.56. The molecule has 1 saturated carbocycles. The molecule has 0 spiro atoms. The number of hydrogen-bond donors (Lipinski definition) is 2. The normalized spacial score (nSPS) is 18.8. The summed E-state index contributed by atoms with van der Waals surface area (Å²) in [7, 11) is 0. The van der Waals surface area contributed by atoms with Gasteiger partial charge in [0.1, 0.15) is 18.6 Å². The largest absolute Gasteiger partial charge is 0.504 e. The fourth-order valence-electron chi connectivity index (χ4n) is 7.34. The molecule has 4 aromatic rings. The minimum Gasteiger partial charge on any atom is -0.504 e. The first kappa shape index (κ1) is 37.0. The second-order valence-electron chi connectivity index (χ2n) is 13.3. The van der Waals surface area contributed by atoms with Crippen molar-refractivity contribution in [1.29, 1.82) is 0 Å². The van der Waals surface area contributed by atoms with Gasteiger partial charge in [0.2, 0.25) is 17.6 Å². The fraction of sp³-hybridized carbons (Fsp3) is 0.441. The Kier molecular flexibility index (Phi) is 9.69. The van der Waals surface area contributed by atoms with Crippen molar-refractivity contribution >= 4 is 46.5 Å². The van der Waals surface area contributed by atoms with Crippen molar-refractivity contribution in [3.05, 3.63) is 74.2 Å². The molecular formula is C34H34ClF5N10O4. The van der Waals surface area contributed by atoms with Crippen LogP contribution in [-0.4, -0.2) is 89.2 Å². The highest BCUT2D eigenvalue weighted by Gasteiger charge is 2.47. The number of hydrogen-bond acceptors (Lipinski definition) is 10. The average Bonchev–Trinajstić information content (AvgIpc) is 3.57. The molecule has 14 nitrogen and oxygen atoms in total. The highest BCUT2D eigenvalue weighted by molar-refractivity contribution is 6.33. The van der Waals surface area contributed by atoms with Crippen molar-refractivity contribution in [2.24, 2.45) is 0 Å². The standard InChI is InChI=1S/C34H34ClF5N10O4/c1-3-22-27(47-12-13-48(24-7-6-23(24)47)30(53)26-28(52)17(2)41-16-42-26)31(54)50-33(44-32(45-50)46-10-8-18(9-11-46)29(36)37)49(22)15-25(51)43-21-5-4-19(14-20(21)35)34(38,39)40/h4-5,14,16,23-24,52H,3,6-13,15H2,1-2H3,(H,43,51). The molecule has 1 aliphatic carbocycles. The topological polar surface area (TPSA) is 154 Å². The van der Waals surface area contributed by atoms with Crippen molar-refractivity contribution in [1.82, 2.24) is 34.0 Å². The minimum absolute atomic E-state index is 0.00384. The Morgan fingerprint density at radius 3 is 2.41 bits per heavy atom. The van der Waals surface area contributed by atoms with Crippen LogP contribution >= 0.6 is 11.6 Å². The number of carbonyl (C=O) groups excluding carboxylic acids is 2. The Morgan fingerprint density at radius 2 is 1.78 bits per heavy atom. The Morgan fingerprint density at radius 1 is 1.06 bits per heavy atom. The lowest BCUT2D eigenvalue weighted by molar-refractivity contribution is -0.137. The number of piperazine rings is 1. The highest BCUT2D eigenvalue weighted by atomic mass is 35.5. The summed E-state index contributed by atoms with van der Waals surface area (Å²) in [6, 6.07) is 1.89. The Labute approximate surface area is 308 Å². The molecule has 3 aromatic heterocycles. The molecule has 2 N–H and O–H groups in total. The summed E-state index contributed by atoms with van der Waals surface area (Å²) in [6.45, 7) is 3.61. The summed E-state index contributed by atoms with van der Waals surface area (Å²) in [4.78, 5) is 59.4. The van der Waals surface area contributed by atoms with Crippen molar-refractivity contribution in [2.45, 2.75) is 70.8 Å². The molecule has 20 heteroatoms. The number of halogens is 6. The number of amides is 2. The SMILES string of the molecule is CCc1c(N2CCN(C(=O)c3ncnc(C)c3O)C3CCC32)c(=O)n2nc(N3CCC(=C(F)F)CC3)nc2n1CC(=O)Nc1ccc(C(F)(F)F)cc1Cl. The molecular weight excluding hydrogens is 743 g/mol. The summed E-state index contributed by atoms with van der Waals surface area (Å²) >= 11 is 6.13. The van der Waals surface area contributed by atoms with Gasteiger partial charge < -0.3 is 29.7 Å². The van der Waals surface area contributed by atoms with Crippen LogP contribution in [0.4, 0.5) is 39.3 Å². The van der Waals surface area contributed by atoms with Crippen LogP contribution in [0.3, 0.4) is 0 Å². The van der Waals surface area contributed by atoms with Crippen LogP contribution in [0.1, 0.15) is 60.0 Å². The van der Waals surface area contributed by atoms with E-state index < -0.39 is 41.7 Å². The Balaban J connectivity index is 1.26. The second-order valence-corrected chi connectivity index (χ2v) is 13.7. The third-order valence-corrected chi connectivity index (χ3v) is 10.6. The zero-order valence-electron chi connectivity index (χ0n) is 29.0. The van der Waals surface area contributed by atoms with Crippen molar-refractivity contribution in [3.8, 4) is 5.75 Å². The number of aryl methyl sites for hydroxylation is 1. The van der Waals surface area contributed by atoms with Crippen LogP contribution in [0.5, 0.6) is 5.75 Å². The first-order chi connectivity index (χ1) is 25.7. The number of aromatic nitrogens is 6. The van der Waals surface area contributed by atoms with Crippen molar-refractivity contribution in [3.63, 3.8) is 0 Å². The van der Waals surface area contributed by atoms with Gasteiger partial charge in [-0.1, -0.05) is 18.5 Å². The zero-order chi connectivity index (χ0) is 38.6. The fourth-order valence-corrected chi connectivity index (χ4v) is 7.57. The first-order valence-corrected chi connectivity index (χ1v) is 17.6. The third-order valence-electron chi connectivity index (χ3n) is 10.3. The van der Waals surface area contributed by atoms with Crippen LogP contribution in [0.2, 0.25) is 5.02 Å². The van der Waals surface area contributed by atoms with Gasteiger partial charge in [-0.3, -0.25) is 14.4 Å². The highest BCUT2D eigenvalue weighted by Crippen LogP contribution is 2.39. The lowest BCUT2D eigenvalue weighted by Crippen LogP contribution is -2.67. The number of aromatic hydroxyl groups is 1. The summed E-state index contributed by atoms with van der Waals surface area (Å²) < 4.78 is 68.9. The van der Waals surface area contributed by atoms with E-state index in [2.05, 4.69) is 25.4 Å². The van der Waals surface area contributed by atoms with E-state index in [1.165, 1.54) is 10.9 Å². The Bertz CT molecular complexity index is 2250. The maximum Gasteiger partial charge on any atom is 0.416 e. The van der Waals surface area contributed by atoms with Gasteiger partial charge in [-0.2, -0.15) is 31.5 Å². The number of benzene rings is 1. The van der Waals surface area contributed by atoms with E-state index in [4.69, 9.17) is 11.6 Å². The number of nitrogens with zero attached hydrogens (tertiary/aromatic N) is 9. The molecule has 1 aromatic carbocycles. The molecule has 3 aliphatic rings. The number of nitrogens with one attached hydrogen (secondary N) is 1. The lowest BCUT2D eigenvalue weighted by Gasteiger charge is -2.54. The van der Waals surface area contributed by atoms with E-state index in [9.17, 15) is 41.4 Å². The van der Waals surface area contributed by atoms with E-state index in [1.807, 2.05) is 4.90 Å². The molecule has 3 fully saturated rings. The minimum atomic E-state index is -4.65. The molecule has 2 aliphatic heterocycles. The van der Waals surface area contributed by atoms with E-state index in [1.54, 1.807) is 23.6 Å². The smallest absolute Gasteiger partial charge is 0.416 e. The molecule has 54 heavy (non-hydrogen) atoms. The van der Waals surface area contributed by atoms with Gasteiger partial charge in [0, 0.05) is 32.2 Å². The summed E-state index contributed by atoms with van der Waals surface area (Å²) in [5, 5.41) is 17.2. The van der Waals surface area contributed by atoms with Crippen molar-refractivity contribution in [2.75, 3.05) is 41.3 Å². The molecule has 2 atom stereocenters. The quantitative estimate of drug-likeness (QED) is 0.250. The average molecular weight is 777 g/mol. The summed E-state index contributed by atoms with van der Waals surface area (Å²) in [5.74, 6) is -1.37. The number of anilines is 3. The summed E-state index contributed by atoms with van der Waals surface area (Å²) in [5.41, 5.74) is -0.782. The van der Waals surface area contributed by atoms with Gasteiger partial charge in [-0.05, 0) is 62.8 Å². The van der Waals surface area contributed by atoms with E-state index in [0.29, 0.717) is 24.6 Å². The van der Waals surface area contributed by atoms with Crippen LogP contribution in [0.25, 0.3) is 5.78 Å². The van der Waals surface area contributed by atoms with Crippen LogP contribution < -0.4 is 20.7 Å². The molecule has 7 rings (SSSR count). The maximum atomic E-state index is 14.5. The molecule has 0 radical (unpaired) electrons. The van der Waals surface area contributed by atoms with Gasteiger partial charge in [-0.25, -0.2) is 9.97 Å². The molecule has 286 valence electrons. The second kappa shape index (κ2) is 14.1. The van der Waals surface area contributed by atoms with Gasteiger partial charge in [-0.15, -0.1) is 5.10 Å². The Hall–Kier alpha value is -5.33. The van der Waals surface area contributed by atoms with E-state index >= 15 is 0 Å². The predicted molar refractivity (Wildman–Crippen MR) is 186 cm³/mol. The van der Waals surface area contributed by atoms with E-state index in [-0.39, 0.29) is 108 Å². The number of fused-ring (bicyclic) bond motifs is 2. The van der Waals surface area contributed by atoms with Gasteiger partial charge >= 0.3 is 6.18 Å². The van der Waals surface area contributed by atoms with E-state index in [0.717, 1.165) is 16.6 Å². The monoisotopic (exact) mass is 776 g/mol. The molecule has 2 unspecified atom stereocenters. The number of rotatable bonds is 7. The van der Waals surface area contributed by atoms with Crippen LogP contribution in [0.15, 0.2) is 41.0 Å². The molecule has 5 heterocycles. The number of alkyl halides is 3. The zero-order valence-corrected chi connectivity index (χ0v) is 29.8. The molecule has 2 saturated heterocycles. The van der Waals surface area contributed by atoms with Gasteiger partial charge in [0.15, 0.2) is 11.4 Å². The third kappa shape index (κ3) is 6.58. The maximum absolute atomic E-state index is 14.5. The predicted octanol–water partition coefficient (Wildman–Crippen LogP) is 4.81. The van der Waals surface area contributed by atoms with Gasteiger partial charge in [0.05, 0.1) is 33.7 Å². The van der Waals surface area contributed by atoms with Crippen molar-refractivity contribution < 1.29 is 36.6 Å². The number of carbonyl (C=O) groups is 2. The lowest BCUT2D eigenvalue weighted by atomic mass is 9.81. The van der Waals surface area contributed by atoms with Crippen LogP contribution in [0, 0.1) is 6.92 Å². The molecule has 2 amide bonds.